The highest BCUT2D eigenvalue weighted by Crippen LogP contribution is 2.43. The number of amides is 1. The lowest BCUT2D eigenvalue weighted by Gasteiger charge is -2.27. The molecule has 1 amide bonds. The van der Waals surface area contributed by atoms with Crippen molar-refractivity contribution in [1.29, 1.82) is 0 Å². The molecule has 29 heavy (non-hydrogen) atoms. The van der Waals surface area contributed by atoms with Crippen LogP contribution in [-0.4, -0.2) is 48.1 Å². The number of ether oxygens (including phenoxy) is 2. The van der Waals surface area contributed by atoms with Crippen LogP contribution in [0, 0.1) is 6.92 Å². The number of carbonyl (C=O) groups excluding carboxylic acids is 2. The average molecular weight is 413 g/mol. The summed E-state index contributed by atoms with van der Waals surface area (Å²) < 4.78 is 10.9. The molecular weight excluding hydrogens is 390 g/mol. The summed E-state index contributed by atoms with van der Waals surface area (Å²) >= 11 is 1.48. The van der Waals surface area contributed by atoms with Crippen molar-refractivity contribution in [3.05, 3.63) is 57.3 Å². The first-order chi connectivity index (χ1) is 14.0. The summed E-state index contributed by atoms with van der Waals surface area (Å²) in [6.07, 6.45) is 1.72. The lowest BCUT2D eigenvalue weighted by Crippen LogP contribution is -2.36. The summed E-state index contributed by atoms with van der Waals surface area (Å²) in [5.41, 5.74) is 1.59. The van der Waals surface area contributed by atoms with Crippen molar-refractivity contribution in [2.75, 3.05) is 20.3 Å². The number of likely N-dealkylation sites (tertiary alicyclic amines) is 1. The smallest absolute Gasteiger partial charge is 0.295 e. The number of ketones is 1. The fraction of sp³-hybridized carbons (Fsp3) is 0.364. The van der Waals surface area contributed by atoms with Crippen molar-refractivity contribution in [3.63, 3.8) is 0 Å². The normalized spacial score (nSPS) is 23.7. The Kier molecular flexibility index (Phi) is 5.43. The van der Waals surface area contributed by atoms with Gasteiger partial charge in [0.15, 0.2) is 0 Å². The third-order valence-corrected chi connectivity index (χ3v) is 6.55. The molecule has 7 heteroatoms. The third-order valence-electron chi connectivity index (χ3n) is 5.48. The van der Waals surface area contributed by atoms with Crippen LogP contribution in [0.15, 0.2) is 41.3 Å². The molecule has 1 aromatic heterocycles. The molecule has 2 unspecified atom stereocenters. The minimum absolute atomic E-state index is 0.0861. The molecule has 2 aromatic rings. The van der Waals surface area contributed by atoms with Crippen molar-refractivity contribution in [1.82, 2.24) is 4.90 Å². The predicted molar refractivity (Wildman–Crippen MR) is 110 cm³/mol. The largest absolute Gasteiger partial charge is 0.507 e. The first-order valence-corrected chi connectivity index (χ1v) is 10.5. The quantitative estimate of drug-likeness (QED) is 0.460. The van der Waals surface area contributed by atoms with E-state index in [-0.39, 0.29) is 17.4 Å². The van der Waals surface area contributed by atoms with E-state index in [1.165, 1.54) is 11.3 Å². The number of benzene rings is 1. The van der Waals surface area contributed by atoms with Gasteiger partial charge in [-0.2, -0.15) is 0 Å². The second-order valence-corrected chi connectivity index (χ2v) is 8.23. The van der Waals surface area contributed by atoms with Crippen LogP contribution in [0.4, 0.5) is 0 Å². The van der Waals surface area contributed by atoms with Crippen LogP contribution in [-0.2, 0) is 14.3 Å². The summed E-state index contributed by atoms with van der Waals surface area (Å²) in [7, 11) is 1.56. The van der Waals surface area contributed by atoms with Crippen molar-refractivity contribution in [3.8, 4) is 5.75 Å². The number of rotatable bonds is 5. The van der Waals surface area contributed by atoms with Gasteiger partial charge in [0.05, 0.1) is 24.8 Å². The van der Waals surface area contributed by atoms with Crippen LogP contribution in [0.3, 0.4) is 0 Å². The van der Waals surface area contributed by atoms with Gasteiger partial charge in [0, 0.05) is 23.6 Å². The van der Waals surface area contributed by atoms with E-state index in [1.807, 2.05) is 18.4 Å². The van der Waals surface area contributed by atoms with E-state index in [9.17, 15) is 14.7 Å². The Morgan fingerprint density at radius 2 is 2.03 bits per heavy atom. The molecule has 4 rings (SSSR count). The van der Waals surface area contributed by atoms with Gasteiger partial charge < -0.3 is 19.5 Å². The zero-order valence-electron chi connectivity index (χ0n) is 16.4. The van der Waals surface area contributed by atoms with Gasteiger partial charge in [-0.25, -0.2) is 0 Å². The highest BCUT2D eigenvalue weighted by atomic mass is 32.1. The molecule has 0 saturated carbocycles. The van der Waals surface area contributed by atoms with Crippen LogP contribution in [0.2, 0.25) is 0 Å². The Labute approximate surface area is 173 Å². The molecule has 2 saturated heterocycles. The highest BCUT2D eigenvalue weighted by molar-refractivity contribution is 7.10. The van der Waals surface area contributed by atoms with E-state index in [4.69, 9.17) is 9.47 Å². The van der Waals surface area contributed by atoms with Gasteiger partial charge in [0.1, 0.15) is 11.5 Å². The first kappa shape index (κ1) is 19.7. The molecule has 0 aliphatic carbocycles. The lowest BCUT2D eigenvalue weighted by molar-refractivity contribution is -0.140. The van der Waals surface area contributed by atoms with E-state index in [0.29, 0.717) is 24.5 Å². The molecule has 3 heterocycles. The van der Waals surface area contributed by atoms with Crippen molar-refractivity contribution >= 4 is 28.8 Å². The van der Waals surface area contributed by atoms with Crippen LogP contribution >= 0.6 is 11.3 Å². The molecule has 0 bridgehead atoms. The number of hydrogen-bond donors (Lipinski definition) is 1. The monoisotopic (exact) mass is 413 g/mol. The lowest BCUT2D eigenvalue weighted by atomic mass is 9.98. The Morgan fingerprint density at radius 1 is 1.28 bits per heavy atom. The average Bonchev–Trinajstić information content (AvgIpc) is 3.45. The molecule has 1 aromatic carbocycles. The molecular formula is C22H23NO5S. The number of thiophene rings is 1. The summed E-state index contributed by atoms with van der Waals surface area (Å²) in [5, 5.41) is 13.0. The van der Waals surface area contributed by atoms with E-state index in [1.54, 1.807) is 36.3 Å². The first-order valence-electron chi connectivity index (χ1n) is 9.59. The Hall–Kier alpha value is -2.64. The number of hydrogen-bond acceptors (Lipinski definition) is 6. The molecule has 1 N–H and O–H groups in total. The number of aliphatic hydroxyl groups excluding tert-OH is 1. The van der Waals surface area contributed by atoms with Gasteiger partial charge in [0.25, 0.3) is 11.7 Å². The molecule has 0 spiro atoms. The number of aryl methyl sites for hydroxylation is 1. The summed E-state index contributed by atoms with van der Waals surface area (Å²) in [6, 6.07) is 8.13. The second kappa shape index (κ2) is 8.00. The number of aliphatic hydroxyl groups is 1. The topological polar surface area (TPSA) is 76.1 Å². The van der Waals surface area contributed by atoms with Gasteiger partial charge in [-0.1, -0.05) is 0 Å². The Balaban J connectivity index is 1.80. The summed E-state index contributed by atoms with van der Waals surface area (Å²) in [5.74, 6) is -0.771. The Bertz CT molecular complexity index is 956. The number of Topliss-reactive ketones (excluding diaryl/α,β-unsaturated/α-hetero) is 1. The van der Waals surface area contributed by atoms with Crippen molar-refractivity contribution < 1.29 is 24.2 Å². The van der Waals surface area contributed by atoms with Gasteiger partial charge in [-0.05, 0) is 61.0 Å². The maximum atomic E-state index is 13.0. The van der Waals surface area contributed by atoms with E-state index in [2.05, 4.69) is 0 Å². The predicted octanol–water partition coefficient (Wildman–Crippen LogP) is 3.67. The maximum Gasteiger partial charge on any atom is 0.295 e. The van der Waals surface area contributed by atoms with E-state index < -0.39 is 17.7 Å². The number of methoxy groups -OCH3 is 1. The zero-order valence-corrected chi connectivity index (χ0v) is 17.2. The molecule has 2 atom stereocenters. The van der Waals surface area contributed by atoms with E-state index in [0.717, 1.165) is 23.3 Å². The van der Waals surface area contributed by atoms with Gasteiger partial charge >= 0.3 is 0 Å². The summed E-state index contributed by atoms with van der Waals surface area (Å²) in [4.78, 5) is 28.3. The molecule has 0 radical (unpaired) electrons. The van der Waals surface area contributed by atoms with Crippen LogP contribution in [0.5, 0.6) is 5.75 Å². The zero-order chi connectivity index (χ0) is 20.5. The third kappa shape index (κ3) is 3.56. The van der Waals surface area contributed by atoms with Gasteiger partial charge in [-0.15, -0.1) is 11.3 Å². The van der Waals surface area contributed by atoms with Crippen LogP contribution < -0.4 is 4.74 Å². The molecule has 152 valence electrons. The van der Waals surface area contributed by atoms with Gasteiger partial charge in [-0.3, -0.25) is 9.59 Å². The standard InChI is InChI=1S/C22H23NO5S/c1-13-9-11-29-21(13)18-17(19(24)14-5-7-15(27-2)8-6-14)20(25)22(26)23(18)12-16-4-3-10-28-16/h5-9,11,16,18,24H,3-4,10,12H2,1-2H3/b19-17-. The molecule has 6 nitrogen and oxygen atoms in total. The Morgan fingerprint density at radius 3 is 2.62 bits per heavy atom. The van der Waals surface area contributed by atoms with Crippen molar-refractivity contribution in [2.45, 2.75) is 31.9 Å². The fourth-order valence-electron chi connectivity index (χ4n) is 3.92. The molecule has 2 aliphatic heterocycles. The number of nitrogens with zero attached hydrogens (tertiary/aromatic N) is 1. The van der Waals surface area contributed by atoms with E-state index >= 15 is 0 Å². The molecule has 2 aliphatic rings. The fourth-order valence-corrected chi connectivity index (χ4v) is 4.96. The van der Waals surface area contributed by atoms with Crippen LogP contribution in [0.1, 0.15) is 34.9 Å². The minimum Gasteiger partial charge on any atom is -0.507 e. The van der Waals surface area contributed by atoms with Gasteiger partial charge in [0.2, 0.25) is 0 Å². The summed E-state index contributed by atoms with van der Waals surface area (Å²) in [6.45, 7) is 2.96. The van der Waals surface area contributed by atoms with Crippen molar-refractivity contribution in [2.24, 2.45) is 0 Å². The maximum absolute atomic E-state index is 13.0. The SMILES string of the molecule is COc1ccc(/C(O)=C2/C(=O)C(=O)N(CC3CCCO3)C2c2sccc2C)cc1. The minimum atomic E-state index is -0.658. The highest BCUT2D eigenvalue weighted by Gasteiger charge is 2.47. The number of carbonyl (C=O) groups is 2. The molecule has 2 fully saturated rings. The second-order valence-electron chi connectivity index (χ2n) is 7.28. The van der Waals surface area contributed by atoms with Crippen LogP contribution in [0.25, 0.3) is 5.76 Å².